The van der Waals surface area contributed by atoms with Crippen LogP contribution >= 0.6 is 0 Å². The summed E-state index contributed by atoms with van der Waals surface area (Å²) >= 11 is 0. The largest absolute Gasteiger partial charge is 0.480 e. The highest BCUT2D eigenvalue weighted by atomic mass is 16.4. The summed E-state index contributed by atoms with van der Waals surface area (Å²) in [6.45, 7) is 4.77. The van der Waals surface area contributed by atoms with Gasteiger partial charge in [0.25, 0.3) is 0 Å². The third-order valence-electron chi connectivity index (χ3n) is 2.14. The first-order valence-electron chi connectivity index (χ1n) is 3.46. The smallest absolute Gasteiger partial charge is 0.321 e. The first-order valence-corrected chi connectivity index (χ1v) is 3.46. The van der Waals surface area contributed by atoms with E-state index in [4.69, 9.17) is 15.9 Å². The molecule has 0 aliphatic carbocycles. The fourth-order valence-electron chi connectivity index (χ4n) is 0.578. The van der Waals surface area contributed by atoms with Crippen LogP contribution < -0.4 is 5.73 Å². The molecule has 0 aromatic rings. The van der Waals surface area contributed by atoms with E-state index in [0.29, 0.717) is 0 Å². The second-order valence-corrected chi connectivity index (χ2v) is 3.31. The predicted molar refractivity (Wildman–Crippen MR) is 41.1 cm³/mol. The summed E-state index contributed by atoms with van der Waals surface area (Å²) < 4.78 is 0. The normalized spacial score (nSPS) is 17.5. The molecule has 0 aliphatic heterocycles. The summed E-state index contributed by atoms with van der Waals surface area (Å²) in [5, 5.41) is 17.7. The highest BCUT2D eigenvalue weighted by Gasteiger charge is 2.36. The quantitative estimate of drug-likeness (QED) is 0.535. The van der Waals surface area contributed by atoms with E-state index in [0.717, 1.165) is 0 Å². The Kier molecular flexibility index (Phi) is 3.02. The number of carbonyl (C=O) groups is 1. The Morgan fingerprint density at radius 3 is 2.00 bits per heavy atom. The van der Waals surface area contributed by atoms with E-state index in [1.165, 1.54) is 6.92 Å². The number of carboxylic acid groups (broad SMARTS) is 1. The monoisotopic (exact) mass is 161 g/mol. The van der Waals surface area contributed by atoms with Crippen LogP contribution in [0.3, 0.4) is 0 Å². The van der Waals surface area contributed by atoms with Crippen LogP contribution in [-0.4, -0.2) is 28.3 Å². The van der Waals surface area contributed by atoms with Gasteiger partial charge in [0.05, 0.1) is 6.10 Å². The number of carboxylic acids is 1. The Bertz CT molecular complexity index is 154. The van der Waals surface area contributed by atoms with Crippen LogP contribution in [0.15, 0.2) is 0 Å². The molecule has 0 rings (SSSR count). The van der Waals surface area contributed by atoms with Crippen molar-refractivity contribution in [3.63, 3.8) is 0 Å². The minimum atomic E-state index is -1.09. The van der Waals surface area contributed by atoms with Crippen LogP contribution in [-0.2, 0) is 4.79 Å². The minimum absolute atomic E-state index is 0.728. The summed E-state index contributed by atoms with van der Waals surface area (Å²) in [5.74, 6) is -1.09. The van der Waals surface area contributed by atoms with Gasteiger partial charge in [0.1, 0.15) is 6.04 Å². The highest BCUT2D eigenvalue weighted by molar-refractivity contribution is 5.74. The van der Waals surface area contributed by atoms with Crippen molar-refractivity contribution in [3.05, 3.63) is 0 Å². The van der Waals surface area contributed by atoms with E-state index < -0.39 is 23.5 Å². The average molecular weight is 161 g/mol. The zero-order chi connectivity index (χ0) is 9.23. The van der Waals surface area contributed by atoms with E-state index in [9.17, 15) is 4.79 Å². The minimum Gasteiger partial charge on any atom is -0.480 e. The van der Waals surface area contributed by atoms with Gasteiger partial charge in [-0.1, -0.05) is 13.8 Å². The molecule has 4 heteroatoms. The topological polar surface area (TPSA) is 83.5 Å². The molecule has 4 nitrogen and oxygen atoms in total. The van der Waals surface area contributed by atoms with E-state index in [-0.39, 0.29) is 0 Å². The van der Waals surface area contributed by atoms with Crippen LogP contribution in [0.1, 0.15) is 20.8 Å². The molecule has 0 heterocycles. The molecular weight excluding hydrogens is 146 g/mol. The van der Waals surface area contributed by atoms with Crippen molar-refractivity contribution < 1.29 is 15.0 Å². The van der Waals surface area contributed by atoms with E-state index in [1.54, 1.807) is 13.8 Å². The second-order valence-electron chi connectivity index (χ2n) is 3.31. The van der Waals surface area contributed by atoms with Crippen molar-refractivity contribution in [1.82, 2.24) is 0 Å². The van der Waals surface area contributed by atoms with E-state index >= 15 is 0 Å². The van der Waals surface area contributed by atoms with Crippen LogP contribution in [0.5, 0.6) is 0 Å². The molecule has 4 N–H and O–H groups in total. The first-order chi connectivity index (χ1) is 4.80. The summed E-state index contributed by atoms with van der Waals surface area (Å²) in [6.07, 6.45) is -0.728. The molecule has 0 fully saturated rings. The molecule has 0 spiro atoms. The number of aliphatic hydroxyl groups is 1. The molecule has 0 saturated carbocycles. The van der Waals surface area contributed by atoms with Gasteiger partial charge in [-0.25, -0.2) is 0 Å². The van der Waals surface area contributed by atoms with Gasteiger partial charge in [-0.15, -0.1) is 0 Å². The van der Waals surface area contributed by atoms with Gasteiger partial charge in [0.15, 0.2) is 0 Å². The number of hydrogen-bond donors (Lipinski definition) is 3. The summed E-state index contributed by atoms with van der Waals surface area (Å²) in [4.78, 5) is 10.4. The highest BCUT2D eigenvalue weighted by Crippen LogP contribution is 2.23. The Balaban J connectivity index is 4.41. The van der Waals surface area contributed by atoms with Gasteiger partial charge in [-0.2, -0.15) is 0 Å². The van der Waals surface area contributed by atoms with Crippen molar-refractivity contribution in [3.8, 4) is 0 Å². The SMILES string of the molecule is C[C@@H](O)C(C)(C)[C@@H](N)C(=O)O. The summed E-state index contributed by atoms with van der Waals surface area (Å²) in [6, 6.07) is -1.03. The lowest BCUT2D eigenvalue weighted by molar-refractivity contribution is -0.143. The lowest BCUT2D eigenvalue weighted by atomic mass is 9.80. The first kappa shape index (κ1) is 10.4. The second kappa shape index (κ2) is 3.19. The van der Waals surface area contributed by atoms with Crippen molar-refractivity contribution >= 4 is 5.97 Å². The maximum absolute atomic E-state index is 10.4. The van der Waals surface area contributed by atoms with Crippen molar-refractivity contribution in [1.29, 1.82) is 0 Å². The molecule has 0 bridgehead atoms. The molecule has 0 aliphatic rings. The zero-order valence-corrected chi connectivity index (χ0v) is 7.03. The maximum Gasteiger partial charge on any atom is 0.321 e. The van der Waals surface area contributed by atoms with Gasteiger partial charge < -0.3 is 15.9 Å². The van der Waals surface area contributed by atoms with Crippen LogP contribution in [0.4, 0.5) is 0 Å². The van der Waals surface area contributed by atoms with E-state index in [1.807, 2.05) is 0 Å². The average Bonchev–Trinajstić information content (AvgIpc) is 1.85. The number of aliphatic hydroxyl groups excluding tert-OH is 1. The molecule has 0 unspecified atom stereocenters. The zero-order valence-electron chi connectivity index (χ0n) is 7.03. The van der Waals surface area contributed by atoms with Gasteiger partial charge in [-0.3, -0.25) is 4.79 Å². The third-order valence-corrected chi connectivity index (χ3v) is 2.14. The summed E-state index contributed by atoms with van der Waals surface area (Å²) in [5.41, 5.74) is 4.55. The van der Waals surface area contributed by atoms with Crippen molar-refractivity contribution in [2.45, 2.75) is 32.9 Å². The summed E-state index contributed by atoms with van der Waals surface area (Å²) in [7, 11) is 0. The molecule has 0 saturated heterocycles. The fourth-order valence-corrected chi connectivity index (χ4v) is 0.578. The molecule has 66 valence electrons. The Hall–Kier alpha value is -0.610. The van der Waals surface area contributed by atoms with Crippen LogP contribution in [0, 0.1) is 5.41 Å². The number of hydrogen-bond acceptors (Lipinski definition) is 3. The molecule has 0 aromatic heterocycles. The van der Waals surface area contributed by atoms with Gasteiger partial charge in [0.2, 0.25) is 0 Å². The molecule has 0 aromatic carbocycles. The lowest BCUT2D eigenvalue weighted by Crippen LogP contribution is -2.49. The molecule has 11 heavy (non-hydrogen) atoms. The Morgan fingerprint density at radius 1 is 1.55 bits per heavy atom. The van der Waals surface area contributed by atoms with Crippen molar-refractivity contribution in [2.75, 3.05) is 0 Å². The molecule has 0 amide bonds. The molecule has 2 atom stereocenters. The maximum atomic E-state index is 10.4. The Morgan fingerprint density at radius 2 is 1.91 bits per heavy atom. The Labute approximate surface area is 66.0 Å². The van der Waals surface area contributed by atoms with Crippen molar-refractivity contribution in [2.24, 2.45) is 11.1 Å². The lowest BCUT2D eigenvalue weighted by Gasteiger charge is -2.31. The number of nitrogens with two attached hydrogens (primary N) is 1. The number of rotatable bonds is 3. The van der Waals surface area contributed by atoms with Crippen LogP contribution in [0.25, 0.3) is 0 Å². The van der Waals surface area contributed by atoms with Crippen LogP contribution in [0.2, 0.25) is 0 Å². The fraction of sp³-hybridized carbons (Fsp3) is 0.857. The standard InChI is InChI=1S/C7H15NO3/c1-4(9)7(2,3)5(8)6(10)11/h4-5,9H,8H2,1-3H3,(H,10,11)/t4-,5+/m1/s1. The predicted octanol–water partition coefficient (Wildman–Crippen LogP) is -0.195. The van der Waals surface area contributed by atoms with Gasteiger partial charge in [0, 0.05) is 5.41 Å². The van der Waals surface area contributed by atoms with Gasteiger partial charge >= 0.3 is 5.97 Å². The van der Waals surface area contributed by atoms with E-state index in [2.05, 4.69) is 0 Å². The number of aliphatic carboxylic acids is 1. The molecular formula is C7H15NO3. The molecule has 0 radical (unpaired) electrons. The van der Waals surface area contributed by atoms with Gasteiger partial charge in [-0.05, 0) is 6.92 Å². The third kappa shape index (κ3) is 2.17.